The van der Waals surface area contributed by atoms with E-state index in [0.29, 0.717) is 11.8 Å². The first-order valence-corrected chi connectivity index (χ1v) is 7.32. The second-order valence-corrected chi connectivity index (χ2v) is 6.89. The quantitative estimate of drug-likeness (QED) is 0.482. The third-order valence-corrected chi connectivity index (χ3v) is 5.46. The maximum Gasteiger partial charge on any atom is 0.500 e. The number of alkyl halides is 1. The molecule has 0 spiro atoms. The third-order valence-electron chi connectivity index (χ3n) is 2.48. The van der Waals surface area contributed by atoms with E-state index in [9.17, 15) is 0 Å². The van der Waals surface area contributed by atoms with Crippen molar-refractivity contribution in [3.8, 4) is 0 Å². The molecule has 14 heavy (non-hydrogen) atoms. The molecule has 0 aromatic rings. The standard InChI is InChI=1S/C9H21ClO3Si/c1-9(5-7-10)6-8-14(11-2,12-3)13-4/h9H,5-8H2,1-4H3. The van der Waals surface area contributed by atoms with Crippen LogP contribution in [0.4, 0.5) is 0 Å². The molecule has 5 heteroatoms. The van der Waals surface area contributed by atoms with E-state index >= 15 is 0 Å². The van der Waals surface area contributed by atoms with Gasteiger partial charge >= 0.3 is 8.80 Å². The number of rotatable bonds is 8. The predicted octanol–water partition coefficient (Wildman–Crippen LogP) is 2.52. The van der Waals surface area contributed by atoms with Crippen molar-refractivity contribution in [2.24, 2.45) is 5.92 Å². The van der Waals surface area contributed by atoms with E-state index in [4.69, 9.17) is 24.9 Å². The zero-order valence-electron chi connectivity index (χ0n) is 9.51. The summed E-state index contributed by atoms with van der Waals surface area (Å²) in [4.78, 5) is 0. The molecule has 0 heterocycles. The smallest absolute Gasteiger partial charge is 0.377 e. The van der Waals surface area contributed by atoms with Crippen molar-refractivity contribution in [1.82, 2.24) is 0 Å². The van der Waals surface area contributed by atoms with Crippen molar-refractivity contribution in [2.75, 3.05) is 27.2 Å². The molecule has 1 unspecified atom stereocenters. The van der Waals surface area contributed by atoms with Gasteiger partial charge in [-0.3, -0.25) is 0 Å². The summed E-state index contributed by atoms with van der Waals surface area (Å²) >= 11 is 5.67. The highest BCUT2D eigenvalue weighted by Gasteiger charge is 2.37. The van der Waals surface area contributed by atoms with Gasteiger partial charge in [0.1, 0.15) is 0 Å². The zero-order chi connectivity index (χ0) is 11.0. The van der Waals surface area contributed by atoms with E-state index in [1.807, 2.05) is 0 Å². The maximum atomic E-state index is 5.67. The van der Waals surface area contributed by atoms with Crippen LogP contribution in [-0.4, -0.2) is 36.0 Å². The molecular formula is C9H21ClO3Si. The third kappa shape index (κ3) is 4.75. The molecule has 0 aliphatic heterocycles. The molecule has 0 aromatic heterocycles. The Morgan fingerprint density at radius 2 is 1.57 bits per heavy atom. The van der Waals surface area contributed by atoms with Crippen LogP contribution in [-0.2, 0) is 13.3 Å². The highest BCUT2D eigenvalue weighted by Crippen LogP contribution is 2.20. The predicted molar refractivity (Wildman–Crippen MR) is 60.7 cm³/mol. The van der Waals surface area contributed by atoms with Crippen molar-refractivity contribution in [3.05, 3.63) is 0 Å². The maximum absolute atomic E-state index is 5.67. The summed E-state index contributed by atoms with van der Waals surface area (Å²) in [6, 6.07) is 0.856. The lowest BCUT2D eigenvalue weighted by molar-refractivity contribution is 0.121. The Labute approximate surface area is 93.1 Å². The topological polar surface area (TPSA) is 27.7 Å². The highest BCUT2D eigenvalue weighted by molar-refractivity contribution is 6.60. The molecule has 0 aliphatic carbocycles. The fourth-order valence-electron chi connectivity index (χ4n) is 1.31. The monoisotopic (exact) mass is 240 g/mol. The Morgan fingerprint density at radius 1 is 1.07 bits per heavy atom. The summed E-state index contributed by atoms with van der Waals surface area (Å²) in [7, 11) is 2.58. The van der Waals surface area contributed by atoms with Gasteiger partial charge in [0.05, 0.1) is 0 Å². The molecule has 0 saturated heterocycles. The molecule has 0 radical (unpaired) electrons. The minimum atomic E-state index is -2.35. The van der Waals surface area contributed by atoms with Gasteiger partial charge in [-0.25, -0.2) is 0 Å². The van der Waals surface area contributed by atoms with Gasteiger partial charge in [-0.05, 0) is 18.8 Å². The Kier molecular flexibility index (Phi) is 7.86. The lowest BCUT2D eigenvalue weighted by Gasteiger charge is -2.25. The molecular weight excluding hydrogens is 220 g/mol. The SMILES string of the molecule is CO[Si](CCC(C)CCCl)(OC)OC. The minimum Gasteiger partial charge on any atom is -0.377 e. The first-order valence-electron chi connectivity index (χ1n) is 4.85. The Balaban J connectivity index is 3.92. The molecule has 1 atom stereocenters. The van der Waals surface area contributed by atoms with Gasteiger partial charge in [0.15, 0.2) is 0 Å². The van der Waals surface area contributed by atoms with Crippen molar-refractivity contribution in [2.45, 2.75) is 25.8 Å². The van der Waals surface area contributed by atoms with E-state index in [1.54, 1.807) is 21.3 Å². The molecule has 3 nitrogen and oxygen atoms in total. The second kappa shape index (κ2) is 7.65. The molecule has 0 saturated carbocycles. The van der Waals surface area contributed by atoms with Gasteiger partial charge in [0.2, 0.25) is 0 Å². The second-order valence-electron chi connectivity index (χ2n) is 3.42. The van der Waals surface area contributed by atoms with Crippen LogP contribution in [0.1, 0.15) is 19.8 Å². The number of halogens is 1. The van der Waals surface area contributed by atoms with Crippen LogP contribution in [0.5, 0.6) is 0 Å². The van der Waals surface area contributed by atoms with Gasteiger partial charge in [0.25, 0.3) is 0 Å². The molecule has 86 valence electrons. The summed E-state index contributed by atoms with van der Waals surface area (Å²) < 4.78 is 16.0. The summed E-state index contributed by atoms with van der Waals surface area (Å²) in [5, 5.41) is 0. The van der Waals surface area contributed by atoms with Crippen LogP contribution in [0.3, 0.4) is 0 Å². The van der Waals surface area contributed by atoms with Crippen LogP contribution >= 0.6 is 11.6 Å². The Morgan fingerprint density at radius 3 is 1.93 bits per heavy atom. The summed E-state index contributed by atoms with van der Waals surface area (Å²) in [6.07, 6.45) is 2.07. The van der Waals surface area contributed by atoms with Crippen LogP contribution in [0.2, 0.25) is 6.04 Å². The summed E-state index contributed by atoms with van der Waals surface area (Å²) in [6.45, 7) is 2.18. The lowest BCUT2D eigenvalue weighted by atomic mass is 10.1. The first kappa shape index (κ1) is 14.4. The zero-order valence-corrected chi connectivity index (χ0v) is 11.3. The van der Waals surface area contributed by atoms with E-state index in [2.05, 4.69) is 6.92 Å². The summed E-state index contributed by atoms with van der Waals surface area (Å²) in [5.41, 5.74) is 0. The van der Waals surface area contributed by atoms with Crippen molar-refractivity contribution in [3.63, 3.8) is 0 Å². The van der Waals surface area contributed by atoms with Crippen molar-refractivity contribution in [1.29, 1.82) is 0 Å². The molecule has 0 fully saturated rings. The molecule has 0 aliphatic rings. The minimum absolute atomic E-state index is 0.597. The first-order chi connectivity index (χ1) is 6.64. The van der Waals surface area contributed by atoms with Crippen molar-refractivity contribution < 1.29 is 13.3 Å². The molecule has 0 N–H and O–H groups in total. The van der Waals surface area contributed by atoms with E-state index in [-0.39, 0.29) is 0 Å². The summed E-state index contributed by atoms with van der Waals surface area (Å²) in [5.74, 6) is 1.31. The van der Waals surface area contributed by atoms with Crippen molar-refractivity contribution >= 4 is 20.4 Å². The molecule has 0 aromatic carbocycles. The van der Waals surface area contributed by atoms with E-state index in [1.165, 1.54) is 0 Å². The molecule has 0 rings (SSSR count). The van der Waals surface area contributed by atoms with Crippen LogP contribution in [0.15, 0.2) is 0 Å². The Bertz CT molecular complexity index is 134. The van der Waals surface area contributed by atoms with E-state index < -0.39 is 8.80 Å². The number of hydrogen-bond donors (Lipinski definition) is 0. The van der Waals surface area contributed by atoms with Gasteiger partial charge in [-0.15, -0.1) is 11.6 Å². The van der Waals surface area contributed by atoms with Gasteiger partial charge in [-0.2, -0.15) is 0 Å². The van der Waals surface area contributed by atoms with Gasteiger partial charge < -0.3 is 13.3 Å². The normalized spacial score (nSPS) is 14.4. The van der Waals surface area contributed by atoms with Crippen LogP contribution in [0.25, 0.3) is 0 Å². The van der Waals surface area contributed by atoms with Crippen LogP contribution < -0.4 is 0 Å². The highest BCUT2D eigenvalue weighted by atomic mass is 35.5. The molecule has 0 bridgehead atoms. The molecule has 0 amide bonds. The lowest BCUT2D eigenvalue weighted by Crippen LogP contribution is -2.42. The average molecular weight is 241 g/mol. The van der Waals surface area contributed by atoms with Gasteiger partial charge in [-0.1, -0.05) is 6.92 Å². The fraction of sp³-hybridized carbons (Fsp3) is 1.00. The Hall–Kier alpha value is 0.387. The fourth-order valence-corrected chi connectivity index (χ4v) is 3.64. The van der Waals surface area contributed by atoms with E-state index in [0.717, 1.165) is 18.9 Å². The largest absolute Gasteiger partial charge is 0.500 e. The van der Waals surface area contributed by atoms with Crippen LogP contribution in [0, 0.1) is 5.92 Å². The average Bonchev–Trinajstić information content (AvgIpc) is 2.21. The number of hydrogen-bond acceptors (Lipinski definition) is 3. The van der Waals surface area contributed by atoms with Gasteiger partial charge in [0, 0.05) is 33.3 Å².